The summed E-state index contributed by atoms with van der Waals surface area (Å²) in [5.41, 5.74) is 8.63. The fourth-order valence-electron chi connectivity index (χ4n) is 14.5. The third-order valence-electron chi connectivity index (χ3n) is 21.1. The number of likely N-dealkylation sites (tertiary alicyclic amines) is 1. The molecule has 0 bridgehead atoms. The summed E-state index contributed by atoms with van der Waals surface area (Å²) in [6.07, 6.45) is 2.65. The van der Waals surface area contributed by atoms with E-state index in [0.29, 0.717) is 66.1 Å². The molecule has 1 saturated heterocycles. The van der Waals surface area contributed by atoms with Crippen molar-refractivity contribution in [2.24, 2.45) is 47.2 Å². The minimum absolute atomic E-state index is 0.0327. The molecular formula is C83H119N9O18S. The number of hydrogen-bond donors (Lipinski definition) is 4. The van der Waals surface area contributed by atoms with Gasteiger partial charge in [-0.2, -0.15) is 0 Å². The summed E-state index contributed by atoms with van der Waals surface area (Å²) < 4.78 is 40.5. The van der Waals surface area contributed by atoms with E-state index in [0.717, 1.165) is 21.9 Å². The summed E-state index contributed by atoms with van der Waals surface area (Å²) in [6.45, 7) is 21.4. The molecule has 2 aliphatic rings. The molecule has 111 heavy (non-hydrogen) atoms. The molecule has 0 aliphatic carbocycles. The fraction of sp³-hybridized carbons (Fsp3) is 0.590. The van der Waals surface area contributed by atoms with Crippen LogP contribution in [-0.4, -0.2) is 209 Å². The van der Waals surface area contributed by atoms with Crippen LogP contribution < -0.4 is 31.3 Å². The molecule has 6 rings (SSSR count). The van der Waals surface area contributed by atoms with Gasteiger partial charge in [-0.25, -0.2) is 19.5 Å². The van der Waals surface area contributed by atoms with E-state index < -0.39 is 72.0 Å². The second kappa shape index (κ2) is 45.6. The van der Waals surface area contributed by atoms with Gasteiger partial charge >= 0.3 is 12.1 Å². The number of carbonyl (C=O) groups is 11. The van der Waals surface area contributed by atoms with Gasteiger partial charge < -0.3 is 69.5 Å². The highest BCUT2D eigenvalue weighted by molar-refractivity contribution is 7.09. The third-order valence-corrected chi connectivity index (χ3v) is 22.0. The molecule has 0 radical (unpaired) electrons. The first-order valence-electron chi connectivity index (χ1n) is 38.7. The number of anilines is 2. The van der Waals surface area contributed by atoms with Gasteiger partial charge in [-0.1, -0.05) is 111 Å². The molecule has 1 fully saturated rings. The Kier molecular flexibility index (Phi) is 37.5. The van der Waals surface area contributed by atoms with E-state index in [4.69, 9.17) is 38.9 Å². The normalized spacial score (nSPS) is 16.5. The van der Waals surface area contributed by atoms with Gasteiger partial charge in [-0.15, -0.1) is 11.3 Å². The maximum atomic E-state index is 15.0. The molecule has 27 nitrogen and oxygen atoms in total. The number of amides is 9. The number of imide groups is 1. The van der Waals surface area contributed by atoms with Gasteiger partial charge in [-0.3, -0.25) is 43.2 Å². The molecular weight excluding hydrogens is 1440 g/mol. The molecule has 3 heterocycles. The first kappa shape index (κ1) is 91.1. The molecule has 610 valence electrons. The van der Waals surface area contributed by atoms with E-state index in [9.17, 15) is 52.7 Å². The Labute approximate surface area is 658 Å². The van der Waals surface area contributed by atoms with E-state index in [1.807, 2.05) is 76.9 Å². The third kappa shape index (κ3) is 27.0. The van der Waals surface area contributed by atoms with Gasteiger partial charge in [0.1, 0.15) is 31.4 Å². The number of ketones is 3. The predicted molar refractivity (Wildman–Crippen MR) is 422 cm³/mol. The number of nitrogens with zero attached hydrogens (tertiary/aromatic N) is 5. The maximum Gasteiger partial charge on any atom is 0.410 e. The SMILES string of the molecule is CCC(C)[C@@H]([C@@H](CC(=O)N1CCC[C@H]1[C@H](OC)[C@@H](C)C(=O)C[C@@H](Cc1ccccc1)c1nccs1)OC)N(C)C(=O)[C@@H](CC(=O)[C@H](C(C)C)N(C)C(=O)OCc1ccc(NC(=O)[C@H](CCCNC(N)=O)CC(=O)[C@@H](NC(=O)COCCOCCOCCOc2ccc(N3C(=O)C(C)=C(C)C3=O)cc2)C(C)C)cc1)C(C)C. The van der Waals surface area contributed by atoms with Crippen molar-refractivity contribution in [3.05, 3.63) is 118 Å². The Bertz CT molecular complexity index is 3700. The van der Waals surface area contributed by atoms with Crippen LogP contribution in [-0.2, 0) is 84.6 Å². The molecule has 1 aromatic heterocycles. The Morgan fingerprint density at radius 1 is 0.703 bits per heavy atom. The topological polar surface area (TPSA) is 340 Å². The van der Waals surface area contributed by atoms with Crippen molar-refractivity contribution in [2.45, 2.75) is 189 Å². The van der Waals surface area contributed by atoms with E-state index in [-0.39, 0.29) is 168 Å². The van der Waals surface area contributed by atoms with Crippen molar-refractivity contribution < 1.29 is 85.9 Å². The lowest BCUT2D eigenvalue weighted by atomic mass is 9.83. The highest BCUT2D eigenvalue weighted by Crippen LogP contribution is 2.35. The van der Waals surface area contributed by atoms with E-state index in [2.05, 4.69) is 33.1 Å². The quantitative estimate of drug-likeness (QED) is 0.0236. The van der Waals surface area contributed by atoms with Crippen LogP contribution >= 0.6 is 11.3 Å². The number of methoxy groups -OCH3 is 2. The van der Waals surface area contributed by atoms with Crippen LogP contribution in [0.25, 0.3) is 0 Å². The van der Waals surface area contributed by atoms with E-state index in [1.165, 1.54) is 30.4 Å². The molecule has 4 aromatic rings. The van der Waals surface area contributed by atoms with Crippen LogP contribution in [0.4, 0.5) is 21.0 Å². The average Bonchev–Trinajstić information content (AvgIpc) is 1.77. The molecule has 0 spiro atoms. The number of carbonyl (C=O) groups excluding carboxylic acids is 11. The van der Waals surface area contributed by atoms with Crippen LogP contribution in [0, 0.1) is 41.4 Å². The lowest BCUT2D eigenvalue weighted by Crippen LogP contribution is -2.54. The zero-order valence-corrected chi connectivity index (χ0v) is 68.3. The van der Waals surface area contributed by atoms with E-state index >= 15 is 0 Å². The number of rotatable bonds is 49. The Balaban J connectivity index is 0.964. The molecule has 5 N–H and O–H groups in total. The van der Waals surface area contributed by atoms with Crippen molar-refractivity contribution in [1.29, 1.82) is 0 Å². The molecule has 11 atom stereocenters. The van der Waals surface area contributed by atoms with Crippen LogP contribution in [0.2, 0.25) is 0 Å². The van der Waals surface area contributed by atoms with Gasteiger partial charge in [0.2, 0.25) is 23.6 Å². The second-order valence-electron chi connectivity index (χ2n) is 30.0. The van der Waals surface area contributed by atoms with Crippen LogP contribution in [0.1, 0.15) is 156 Å². The lowest BCUT2D eigenvalue weighted by Gasteiger charge is -2.41. The summed E-state index contributed by atoms with van der Waals surface area (Å²) in [6, 6.07) is 19.6. The second-order valence-corrected chi connectivity index (χ2v) is 30.9. The smallest absolute Gasteiger partial charge is 0.410 e. The predicted octanol–water partition coefficient (Wildman–Crippen LogP) is 10.3. The summed E-state index contributed by atoms with van der Waals surface area (Å²) in [5.74, 6) is -5.85. The van der Waals surface area contributed by atoms with Gasteiger partial charge in [0.25, 0.3) is 11.8 Å². The zero-order valence-electron chi connectivity index (χ0n) is 67.5. The fourth-order valence-corrected chi connectivity index (χ4v) is 15.2. The van der Waals surface area contributed by atoms with Crippen molar-refractivity contribution in [3.8, 4) is 5.75 Å². The van der Waals surface area contributed by atoms with Crippen LogP contribution in [0.5, 0.6) is 5.75 Å². The summed E-state index contributed by atoms with van der Waals surface area (Å²) in [5, 5.41) is 10.9. The number of Topliss-reactive ketones (excluding diaryl/α,β-unsaturated/α-hetero) is 3. The highest BCUT2D eigenvalue weighted by Gasteiger charge is 2.45. The number of nitrogens with two attached hydrogens (primary N) is 1. The van der Waals surface area contributed by atoms with Gasteiger partial charge in [-0.05, 0) is 117 Å². The van der Waals surface area contributed by atoms with Gasteiger partial charge in [0.05, 0.1) is 86.5 Å². The average molecular weight is 1560 g/mol. The van der Waals surface area contributed by atoms with Gasteiger partial charge in [0, 0.05) is 113 Å². The van der Waals surface area contributed by atoms with Crippen molar-refractivity contribution in [1.82, 2.24) is 30.3 Å². The minimum atomic E-state index is -0.972. The lowest BCUT2D eigenvalue weighted by molar-refractivity contribution is -0.149. The Morgan fingerprint density at radius 3 is 1.92 bits per heavy atom. The number of thiazole rings is 1. The van der Waals surface area contributed by atoms with Crippen molar-refractivity contribution in [3.63, 3.8) is 0 Å². The Hall–Kier alpha value is -8.80. The van der Waals surface area contributed by atoms with Crippen molar-refractivity contribution in [2.75, 3.05) is 97.9 Å². The number of aromatic nitrogens is 1. The molecule has 0 saturated carbocycles. The first-order valence-corrected chi connectivity index (χ1v) is 39.6. The number of hydrogen-bond acceptors (Lipinski definition) is 20. The summed E-state index contributed by atoms with van der Waals surface area (Å²) >= 11 is 1.53. The van der Waals surface area contributed by atoms with Crippen molar-refractivity contribution >= 4 is 87.6 Å². The largest absolute Gasteiger partial charge is 0.491 e. The Morgan fingerprint density at radius 2 is 1.34 bits per heavy atom. The number of primary amides is 1. The summed E-state index contributed by atoms with van der Waals surface area (Å²) in [7, 11) is 6.31. The highest BCUT2D eigenvalue weighted by atomic mass is 32.1. The number of benzene rings is 3. The first-order chi connectivity index (χ1) is 52.9. The van der Waals surface area contributed by atoms with Gasteiger partial charge in [0.15, 0.2) is 11.6 Å². The minimum Gasteiger partial charge on any atom is -0.491 e. The molecule has 9 amide bonds. The van der Waals surface area contributed by atoms with Crippen LogP contribution in [0.3, 0.4) is 0 Å². The molecule has 2 aliphatic heterocycles. The van der Waals surface area contributed by atoms with Crippen LogP contribution in [0.15, 0.2) is 102 Å². The monoisotopic (exact) mass is 1560 g/mol. The number of nitrogens with one attached hydrogen (secondary N) is 3. The standard InChI is InChI=1S/C83H119N9O18S/c1-16-54(8)75(70(104-14)48-72(97)91-36-21-25-66(91)76(105-15)57(11)67(93)46-61(78-85-35-43-111-78)44-58-22-18-17-19-23-58)89(12)81(101)65(51(2)3)47-69(95)74(53(6)7)90(13)83(103)110-49-59-26-28-62(29-27-59)87-77(98)60(24-20-34-86-82(84)102)45-68(94)73(52(4)5)88-71(96)50-108-40-39-106-37-38-107-41-42-109-64-32-30-63(31-33-64)92-79(99)55(9)56(10)80(92)100/h17-19,22-23,26-33,35,43,51-54,57,60-61,65-66,70,73-76H,16,20-21,24-25,34,36-42,44-50H2,1-15H3,(H,87,98)(H,88,96)(H3,84,86,102)/t54?,57-,60+,61+,65-,66-,70+,73-,74-,75-,76+/m0/s1. The number of likely N-dealkylation sites (N-methyl/N-ethyl adjacent to an activating group) is 2. The molecule has 1 unspecified atom stereocenters. The van der Waals surface area contributed by atoms with E-state index in [1.54, 1.807) is 101 Å². The number of ether oxygens (including phenoxy) is 7. The molecule has 28 heteroatoms. The maximum absolute atomic E-state index is 15.0. The zero-order chi connectivity index (χ0) is 81.6. The number of urea groups is 1. The molecule has 3 aromatic carbocycles. The summed E-state index contributed by atoms with van der Waals surface area (Å²) in [4.78, 5) is 160.